The van der Waals surface area contributed by atoms with Crippen molar-refractivity contribution in [2.45, 2.75) is 132 Å². The molecule has 0 saturated heterocycles. The van der Waals surface area contributed by atoms with Gasteiger partial charge in [0.1, 0.15) is 34.5 Å². The maximum absolute atomic E-state index is 12.6. The predicted octanol–water partition coefficient (Wildman–Crippen LogP) is 12.4. The Morgan fingerprint density at radius 1 is 0.552 bits per heavy atom. The van der Waals surface area contributed by atoms with Crippen LogP contribution in [0.4, 0.5) is 0 Å². The molecule has 0 spiro atoms. The van der Waals surface area contributed by atoms with Gasteiger partial charge in [-0.3, -0.25) is 9.59 Å². The molecule has 8 heteroatoms. The van der Waals surface area contributed by atoms with E-state index < -0.39 is 0 Å². The van der Waals surface area contributed by atoms with Gasteiger partial charge in [0.05, 0.1) is 12.2 Å². The zero-order valence-electron chi connectivity index (χ0n) is 36.8. The van der Waals surface area contributed by atoms with E-state index in [1.807, 2.05) is 109 Å². The van der Waals surface area contributed by atoms with Crippen LogP contribution in [0.5, 0.6) is 34.5 Å². The first-order valence-corrected chi connectivity index (χ1v) is 20.0. The van der Waals surface area contributed by atoms with Crippen LogP contribution in [0, 0.1) is 0 Å². The molecule has 4 aromatic rings. The van der Waals surface area contributed by atoms with Gasteiger partial charge in [0, 0.05) is 38.9 Å². The second-order valence-corrected chi connectivity index (χ2v) is 17.8. The number of carbonyl (C=O) groups is 2. The van der Waals surface area contributed by atoms with Crippen LogP contribution in [-0.2, 0) is 10.8 Å². The van der Waals surface area contributed by atoms with Crippen molar-refractivity contribution in [3.8, 4) is 34.5 Å². The van der Waals surface area contributed by atoms with Crippen LogP contribution in [0.15, 0.2) is 72.8 Å². The van der Waals surface area contributed by atoms with Crippen molar-refractivity contribution in [1.82, 2.24) is 0 Å². The third-order valence-corrected chi connectivity index (χ3v) is 9.22. The van der Waals surface area contributed by atoms with Gasteiger partial charge < -0.3 is 29.9 Å². The quantitative estimate of drug-likeness (QED) is 0.0823. The summed E-state index contributed by atoms with van der Waals surface area (Å²) < 4.78 is 12.2. The van der Waals surface area contributed by atoms with Gasteiger partial charge in [0.25, 0.3) is 0 Å². The van der Waals surface area contributed by atoms with Gasteiger partial charge >= 0.3 is 0 Å². The maximum Gasteiger partial charge on any atom is 0.185 e. The fourth-order valence-corrected chi connectivity index (χ4v) is 6.39. The van der Waals surface area contributed by atoms with E-state index >= 15 is 0 Å². The Kier molecular flexibility index (Phi) is 15.6. The van der Waals surface area contributed by atoms with E-state index in [9.17, 15) is 30.0 Å². The minimum absolute atomic E-state index is 0.0624. The zero-order valence-corrected chi connectivity index (χ0v) is 36.8. The van der Waals surface area contributed by atoms with Gasteiger partial charge in [-0.2, -0.15) is 0 Å². The number of allylic oxidation sites excluding steroid dienone is 2. The van der Waals surface area contributed by atoms with Gasteiger partial charge in [-0.25, -0.2) is 0 Å². The minimum atomic E-state index is -0.362. The van der Waals surface area contributed by atoms with Gasteiger partial charge in [-0.05, 0) is 141 Å². The monoisotopic (exact) mass is 792 g/mol. The fourth-order valence-electron chi connectivity index (χ4n) is 6.39. The van der Waals surface area contributed by atoms with Crippen molar-refractivity contribution in [3.05, 3.63) is 117 Å². The molecule has 58 heavy (non-hydrogen) atoms. The molecule has 8 nitrogen and oxygen atoms in total. The van der Waals surface area contributed by atoms with E-state index in [4.69, 9.17) is 9.47 Å². The number of carbonyl (C=O) groups excluding carboxylic acids is 2. The van der Waals surface area contributed by atoms with Crippen molar-refractivity contribution in [2.75, 3.05) is 0 Å². The van der Waals surface area contributed by atoms with Gasteiger partial charge in [-0.15, -0.1) is 0 Å². The smallest absolute Gasteiger partial charge is 0.185 e. The Balaban J connectivity index is 0.000000311. The lowest BCUT2D eigenvalue weighted by molar-refractivity contribution is 0.103. The van der Waals surface area contributed by atoms with Crippen LogP contribution in [0.2, 0.25) is 0 Å². The highest BCUT2D eigenvalue weighted by molar-refractivity contribution is 6.07. The lowest BCUT2D eigenvalue weighted by Gasteiger charge is -2.31. The Bertz CT molecular complexity index is 2100. The third kappa shape index (κ3) is 12.3. The summed E-state index contributed by atoms with van der Waals surface area (Å²) in [6, 6.07) is 16.1. The molecule has 0 bridgehead atoms. The van der Waals surface area contributed by atoms with E-state index in [0.717, 1.165) is 33.4 Å². The largest absolute Gasteiger partial charge is 0.508 e. The summed E-state index contributed by atoms with van der Waals surface area (Å²) in [5.74, 6) is 1.81. The molecule has 0 aliphatic carbocycles. The van der Waals surface area contributed by atoms with Crippen molar-refractivity contribution in [2.24, 2.45) is 0 Å². The third-order valence-electron chi connectivity index (χ3n) is 9.22. The number of hydrogen-bond donors (Lipinski definition) is 4. The SMILES string of the molecule is CC(C)Oc1c(/C=C/C(=O)c2ccc(O)cc2)cc(C(C)(C)C)c(O)c1C(C)(C)C.CC(C)Oc1c(/C=C/C(=O)c2ccc(O)cc2)cc(C(C)C)c(O)c1C(C)C. The molecule has 0 saturated carbocycles. The van der Waals surface area contributed by atoms with Crippen LogP contribution in [0.25, 0.3) is 12.2 Å². The van der Waals surface area contributed by atoms with E-state index in [2.05, 4.69) is 0 Å². The first-order chi connectivity index (χ1) is 26.8. The Labute approximate surface area is 345 Å². The topological polar surface area (TPSA) is 134 Å². The molecule has 4 rings (SSSR count). The average molecular weight is 793 g/mol. The molecule has 0 amide bonds. The van der Waals surface area contributed by atoms with E-state index in [0.29, 0.717) is 22.6 Å². The number of ether oxygens (including phenoxy) is 2. The highest BCUT2D eigenvalue weighted by Gasteiger charge is 2.31. The highest BCUT2D eigenvalue weighted by Crippen LogP contribution is 2.47. The lowest BCUT2D eigenvalue weighted by atomic mass is 9.77. The lowest BCUT2D eigenvalue weighted by Crippen LogP contribution is -2.21. The Morgan fingerprint density at radius 3 is 1.33 bits per heavy atom. The summed E-state index contributed by atoms with van der Waals surface area (Å²) >= 11 is 0. The average Bonchev–Trinajstić information content (AvgIpc) is 3.09. The fraction of sp³-hybridized carbons (Fsp3) is 0.400. The predicted molar refractivity (Wildman–Crippen MR) is 236 cm³/mol. The second-order valence-electron chi connectivity index (χ2n) is 17.8. The van der Waals surface area contributed by atoms with Gasteiger partial charge in [0.2, 0.25) is 0 Å². The van der Waals surface area contributed by atoms with E-state index in [1.165, 1.54) is 36.4 Å². The number of phenolic OH excluding ortho intramolecular Hbond substituents is 4. The van der Waals surface area contributed by atoms with E-state index in [1.54, 1.807) is 36.4 Å². The van der Waals surface area contributed by atoms with E-state index in [-0.39, 0.29) is 69.4 Å². The van der Waals surface area contributed by atoms with Crippen molar-refractivity contribution < 1.29 is 39.5 Å². The molecule has 312 valence electrons. The number of benzene rings is 4. The maximum atomic E-state index is 12.6. The zero-order chi connectivity index (χ0) is 43.9. The molecule has 0 aliphatic heterocycles. The summed E-state index contributed by atoms with van der Waals surface area (Å²) in [6.07, 6.45) is 6.33. The first-order valence-electron chi connectivity index (χ1n) is 20.0. The normalized spacial score (nSPS) is 12.2. The Hall–Kier alpha value is -5.50. The van der Waals surface area contributed by atoms with Gasteiger partial charge in [-0.1, -0.05) is 69.2 Å². The molecule has 0 atom stereocenters. The van der Waals surface area contributed by atoms with Crippen molar-refractivity contribution >= 4 is 23.7 Å². The van der Waals surface area contributed by atoms with Crippen molar-refractivity contribution in [1.29, 1.82) is 0 Å². The van der Waals surface area contributed by atoms with Crippen molar-refractivity contribution in [3.63, 3.8) is 0 Å². The number of aromatic hydroxyl groups is 4. The molecule has 0 aromatic heterocycles. The molecule has 0 unspecified atom stereocenters. The van der Waals surface area contributed by atoms with Crippen LogP contribution in [0.1, 0.15) is 163 Å². The second kappa shape index (κ2) is 19.3. The molecule has 0 heterocycles. The minimum Gasteiger partial charge on any atom is -0.508 e. The number of hydrogen-bond acceptors (Lipinski definition) is 8. The molecule has 4 aromatic carbocycles. The molecular weight excluding hydrogens is 729 g/mol. The molecule has 0 fully saturated rings. The number of rotatable bonds is 12. The van der Waals surface area contributed by atoms with Crippen LogP contribution >= 0.6 is 0 Å². The highest BCUT2D eigenvalue weighted by atomic mass is 16.5. The summed E-state index contributed by atoms with van der Waals surface area (Å²) in [7, 11) is 0. The molecule has 0 radical (unpaired) electrons. The van der Waals surface area contributed by atoms with Gasteiger partial charge in [0.15, 0.2) is 11.6 Å². The number of phenols is 4. The molecule has 0 aliphatic rings. The number of ketones is 2. The van der Waals surface area contributed by atoms with Crippen LogP contribution < -0.4 is 9.47 Å². The molecule has 4 N–H and O–H groups in total. The summed E-state index contributed by atoms with van der Waals surface area (Å²) in [5, 5.41) is 40.8. The Morgan fingerprint density at radius 2 is 0.966 bits per heavy atom. The standard InChI is InChI=1S/C26H34O4.C24H30O4/c1-16(2)30-24-18(11-14-21(28)17-9-12-19(27)13-10-17)15-20(25(3,4)5)23(29)22(24)26(6,7)8;1-14(2)20-13-18(9-12-21(26)17-7-10-19(25)11-8-17)24(28-16(5)6)22(15(3)4)23(20)27/h9-16,27,29H,1-8H3;7-16,25,27H,1-6H3/b14-11+;12-9+. The van der Waals surface area contributed by atoms with Crippen LogP contribution in [-0.4, -0.2) is 44.2 Å². The summed E-state index contributed by atoms with van der Waals surface area (Å²) in [6.45, 7) is 28.1. The van der Waals surface area contributed by atoms with Crippen LogP contribution in [0.3, 0.4) is 0 Å². The summed E-state index contributed by atoms with van der Waals surface area (Å²) in [5.41, 5.74) is 4.99. The molecular formula is C50H64O8. The first kappa shape index (κ1) is 46.9. The summed E-state index contributed by atoms with van der Waals surface area (Å²) in [4.78, 5) is 25.1.